The minimum atomic E-state index is -0.451. The number of rotatable bonds is 6. The molecule has 0 radical (unpaired) electrons. The van der Waals surface area contributed by atoms with Crippen LogP contribution >= 0.6 is 0 Å². The molecule has 0 aliphatic rings. The van der Waals surface area contributed by atoms with Crippen molar-refractivity contribution in [2.75, 3.05) is 14.2 Å². The monoisotopic (exact) mass is 365 g/mol. The van der Waals surface area contributed by atoms with E-state index in [2.05, 4.69) is 46.1 Å². The Morgan fingerprint density at radius 1 is 1.11 bits per heavy atom. The van der Waals surface area contributed by atoms with Crippen molar-refractivity contribution in [3.63, 3.8) is 0 Å². The third-order valence-electron chi connectivity index (χ3n) is 4.48. The van der Waals surface area contributed by atoms with Crippen molar-refractivity contribution in [3.05, 3.63) is 75.3 Å². The van der Waals surface area contributed by atoms with Gasteiger partial charge in [0.1, 0.15) is 5.82 Å². The van der Waals surface area contributed by atoms with Crippen molar-refractivity contribution < 1.29 is 9.53 Å². The molecule has 0 spiro atoms. The van der Waals surface area contributed by atoms with Gasteiger partial charge in [-0.25, -0.2) is 9.78 Å². The Kier molecular flexibility index (Phi) is 5.66. The summed E-state index contributed by atoms with van der Waals surface area (Å²) in [7, 11) is 3.30. The van der Waals surface area contributed by atoms with Crippen LogP contribution in [0.3, 0.4) is 0 Å². The number of hydrogen-bond acceptors (Lipinski definition) is 5. The number of esters is 1. The number of carbonyl (C=O) groups is 1. The fraction of sp³-hybridized carbons (Fsp3) is 0.286. The van der Waals surface area contributed by atoms with E-state index in [4.69, 9.17) is 4.74 Å². The first-order valence-electron chi connectivity index (χ1n) is 8.87. The zero-order valence-electron chi connectivity index (χ0n) is 15.8. The second-order valence-electron chi connectivity index (χ2n) is 6.58. The third-order valence-corrected chi connectivity index (χ3v) is 4.48. The van der Waals surface area contributed by atoms with Crippen LogP contribution in [0, 0.1) is 0 Å². The fourth-order valence-corrected chi connectivity index (χ4v) is 3.01. The van der Waals surface area contributed by atoms with Crippen LogP contribution in [0.15, 0.2) is 47.3 Å². The quantitative estimate of drug-likeness (QED) is 0.680. The number of methoxy groups -OCH3 is 1. The van der Waals surface area contributed by atoms with E-state index in [0.29, 0.717) is 28.8 Å². The largest absolute Gasteiger partial charge is 0.465 e. The molecule has 0 atom stereocenters. The van der Waals surface area contributed by atoms with E-state index >= 15 is 0 Å². The van der Waals surface area contributed by atoms with E-state index in [1.54, 1.807) is 18.2 Å². The van der Waals surface area contributed by atoms with Gasteiger partial charge in [-0.05, 0) is 42.8 Å². The summed E-state index contributed by atoms with van der Waals surface area (Å²) < 4.78 is 4.73. The van der Waals surface area contributed by atoms with Gasteiger partial charge in [-0.1, -0.05) is 31.2 Å². The molecule has 0 bridgehead atoms. The van der Waals surface area contributed by atoms with Crippen molar-refractivity contribution in [1.82, 2.24) is 14.9 Å². The molecule has 0 saturated heterocycles. The molecule has 6 heteroatoms. The van der Waals surface area contributed by atoms with Gasteiger partial charge < -0.3 is 9.72 Å². The first-order chi connectivity index (χ1) is 13.0. The second-order valence-corrected chi connectivity index (χ2v) is 6.58. The molecule has 3 aromatic rings. The summed E-state index contributed by atoms with van der Waals surface area (Å²) in [6.45, 7) is 3.37. The molecule has 6 nitrogen and oxygen atoms in total. The SMILES string of the molecule is CCc1ccc(CN(C)Cc2nc3cc(C(=O)OC)ccc3c(=O)[nH]2)cc1. The highest BCUT2D eigenvalue weighted by atomic mass is 16.5. The van der Waals surface area contributed by atoms with Crippen LogP contribution in [0.5, 0.6) is 0 Å². The van der Waals surface area contributed by atoms with Gasteiger partial charge >= 0.3 is 5.97 Å². The topological polar surface area (TPSA) is 75.3 Å². The maximum Gasteiger partial charge on any atom is 0.337 e. The predicted molar refractivity (Wildman–Crippen MR) is 105 cm³/mol. The smallest absolute Gasteiger partial charge is 0.337 e. The first-order valence-corrected chi connectivity index (χ1v) is 8.87. The van der Waals surface area contributed by atoms with Gasteiger partial charge in [0, 0.05) is 6.54 Å². The zero-order valence-corrected chi connectivity index (χ0v) is 15.8. The molecule has 3 rings (SSSR count). The Bertz CT molecular complexity index is 1010. The number of aromatic nitrogens is 2. The van der Waals surface area contributed by atoms with Crippen molar-refractivity contribution in [2.45, 2.75) is 26.4 Å². The number of aryl methyl sites for hydroxylation is 1. The van der Waals surface area contributed by atoms with Gasteiger partial charge in [0.25, 0.3) is 5.56 Å². The van der Waals surface area contributed by atoms with E-state index in [0.717, 1.165) is 13.0 Å². The molecule has 0 aliphatic carbocycles. The third kappa shape index (κ3) is 4.41. The van der Waals surface area contributed by atoms with Crippen LogP contribution in [-0.4, -0.2) is 35.0 Å². The molecular formula is C21H23N3O3. The van der Waals surface area contributed by atoms with Crippen LogP contribution in [0.1, 0.15) is 34.2 Å². The highest BCUT2D eigenvalue weighted by Gasteiger charge is 2.11. The van der Waals surface area contributed by atoms with Gasteiger partial charge in [0.15, 0.2) is 0 Å². The Balaban J connectivity index is 1.80. The number of fused-ring (bicyclic) bond motifs is 1. The fourth-order valence-electron chi connectivity index (χ4n) is 3.01. The summed E-state index contributed by atoms with van der Waals surface area (Å²) in [4.78, 5) is 33.5. The number of benzene rings is 2. The maximum atomic E-state index is 12.3. The Labute approximate surface area is 157 Å². The number of hydrogen-bond donors (Lipinski definition) is 1. The van der Waals surface area contributed by atoms with Gasteiger partial charge in [-0.15, -0.1) is 0 Å². The highest BCUT2D eigenvalue weighted by Crippen LogP contribution is 2.13. The summed E-state index contributed by atoms with van der Waals surface area (Å²) in [5.41, 5.74) is 3.15. The van der Waals surface area contributed by atoms with Crippen LogP contribution in [-0.2, 0) is 24.2 Å². The molecule has 0 unspecified atom stereocenters. The van der Waals surface area contributed by atoms with Crippen molar-refractivity contribution in [3.8, 4) is 0 Å². The second kappa shape index (κ2) is 8.14. The molecular weight excluding hydrogens is 342 g/mol. The molecule has 0 aliphatic heterocycles. The van der Waals surface area contributed by atoms with Gasteiger partial charge in [-0.3, -0.25) is 9.69 Å². The van der Waals surface area contributed by atoms with Crippen molar-refractivity contribution >= 4 is 16.9 Å². The summed E-state index contributed by atoms with van der Waals surface area (Å²) in [6.07, 6.45) is 1.02. The summed E-state index contributed by atoms with van der Waals surface area (Å²) >= 11 is 0. The first kappa shape index (κ1) is 18.8. The molecule has 140 valence electrons. The zero-order chi connectivity index (χ0) is 19.4. The lowest BCUT2D eigenvalue weighted by Gasteiger charge is -2.16. The summed E-state index contributed by atoms with van der Waals surface area (Å²) in [6, 6.07) is 13.3. The summed E-state index contributed by atoms with van der Waals surface area (Å²) in [5, 5.41) is 0.448. The number of nitrogens with zero attached hydrogens (tertiary/aromatic N) is 2. The van der Waals surface area contributed by atoms with E-state index in [1.165, 1.54) is 18.2 Å². The lowest BCUT2D eigenvalue weighted by Crippen LogP contribution is -2.22. The predicted octanol–water partition coefficient (Wildman–Crippen LogP) is 2.90. The Morgan fingerprint density at radius 2 is 1.81 bits per heavy atom. The molecule has 0 saturated carbocycles. The molecule has 27 heavy (non-hydrogen) atoms. The molecule has 1 heterocycles. The lowest BCUT2D eigenvalue weighted by molar-refractivity contribution is 0.0601. The standard InChI is InChI=1S/C21H23N3O3/c1-4-14-5-7-15(8-6-14)12-24(2)13-19-22-18-11-16(21(26)27-3)9-10-17(18)20(25)23-19/h5-11H,4,12-13H2,1-3H3,(H,22,23,25). The number of aromatic amines is 1. The van der Waals surface area contributed by atoms with Gasteiger partial charge in [-0.2, -0.15) is 0 Å². The van der Waals surface area contributed by atoms with Crippen molar-refractivity contribution in [2.24, 2.45) is 0 Å². The number of ether oxygens (including phenoxy) is 1. The molecule has 1 N–H and O–H groups in total. The molecule has 0 amide bonds. The Hall–Kier alpha value is -2.99. The van der Waals surface area contributed by atoms with Crippen LogP contribution in [0.2, 0.25) is 0 Å². The van der Waals surface area contributed by atoms with E-state index < -0.39 is 5.97 Å². The minimum Gasteiger partial charge on any atom is -0.465 e. The number of H-pyrrole nitrogens is 1. The summed E-state index contributed by atoms with van der Waals surface area (Å²) in [5.74, 6) is 0.107. The van der Waals surface area contributed by atoms with Crippen LogP contribution in [0.25, 0.3) is 10.9 Å². The minimum absolute atomic E-state index is 0.216. The van der Waals surface area contributed by atoms with Crippen molar-refractivity contribution in [1.29, 1.82) is 0 Å². The normalized spacial score (nSPS) is 11.1. The van der Waals surface area contributed by atoms with Crippen LogP contribution in [0.4, 0.5) is 0 Å². The maximum absolute atomic E-state index is 12.3. The van der Waals surface area contributed by atoms with Crippen LogP contribution < -0.4 is 5.56 Å². The van der Waals surface area contributed by atoms with E-state index in [9.17, 15) is 9.59 Å². The molecule has 2 aromatic carbocycles. The van der Waals surface area contributed by atoms with E-state index in [-0.39, 0.29) is 5.56 Å². The highest BCUT2D eigenvalue weighted by molar-refractivity contribution is 5.93. The van der Waals surface area contributed by atoms with Gasteiger partial charge in [0.2, 0.25) is 0 Å². The Morgan fingerprint density at radius 3 is 2.48 bits per heavy atom. The molecule has 0 fully saturated rings. The average Bonchev–Trinajstić information content (AvgIpc) is 2.67. The van der Waals surface area contributed by atoms with E-state index in [1.807, 2.05) is 7.05 Å². The number of nitrogens with one attached hydrogen (secondary N) is 1. The lowest BCUT2D eigenvalue weighted by atomic mass is 10.1. The number of carbonyl (C=O) groups excluding carboxylic acids is 1. The molecule has 1 aromatic heterocycles. The average molecular weight is 365 g/mol. The van der Waals surface area contributed by atoms with Gasteiger partial charge in [0.05, 0.1) is 30.1 Å².